The Morgan fingerprint density at radius 2 is 1.54 bits per heavy atom. The van der Waals surface area contributed by atoms with Crippen LogP contribution in [0.4, 0.5) is 0 Å². The Kier molecular flexibility index (Phi) is 10.6. The van der Waals surface area contributed by atoms with Gasteiger partial charge in [0.1, 0.15) is 11.2 Å². The molecule has 0 unspecified atom stereocenters. The molecule has 6 nitrogen and oxygen atoms in total. The molecule has 0 amide bonds. The van der Waals surface area contributed by atoms with E-state index >= 15 is 0 Å². The van der Waals surface area contributed by atoms with Crippen LogP contribution in [-0.2, 0) is 26.5 Å². The van der Waals surface area contributed by atoms with Crippen molar-refractivity contribution in [1.29, 1.82) is 0 Å². The SMILES string of the molecule is Cc1cc2c(oc3ccccc32)c(C)c1-n1c(-c2[c-]cc(C)c3c2oc2nc(-c4ccccc4)ccc23)nc2ccccc21.[2H]C([2H])([2H])c1cc[c-]c(-c2cc(C([2H])([2H])C3CCCC3)c([Si](C)(C)C)cn2)c1.[Ir]. The first kappa shape index (κ1) is 39.5. The standard InChI is InChI=1S/C39H26N3O2.C21H28NSi.Ir/c1-22-17-18-28(37-34(22)27-19-20-30(41-39(27)44-37)25-11-5-4-6-12-25)38-40-31-14-8-9-15-32(31)42(38)35-23(2)21-29-26-13-7-10-16-33(26)43-36(29)24(35)3;1-16-8-7-11-18(12-16)20-14-19(13-17-9-5-6-10-17)21(15-22-20)23(2,3)4;/h4-17,19-21H,1-3H3;7-8,12,14-15,17H,5-6,9-10,13H2,1-4H3;/q2*-1;/i;1D3,13D2;. The Labute approximate surface area is 419 Å². The van der Waals surface area contributed by atoms with Gasteiger partial charge in [0, 0.05) is 66.1 Å². The van der Waals surface area contributed by atoms with Gasteiger partial charge in [0.15, 0.2) is 0 Å². The molecule has 0 saturated heterocycles. The number of rotatable bonds is 7. The monoisotopic (exact) mass is 1090 g/mol. The predicted molar refractivity (Wildman–Crippen MR) is 279 cm³/mol. The molecule has 1 saturated carbocycles. The van der Waals surface area contributed by atoms with E-state index in [1.807, 2.05) is 54.7 Å². The molecule has 0 aliphatic heterocycles. The van der Waals surface area contributed by atoms with Crippen molar-refractivity contribution in [2.45, 2.75) is 79.3 Å². The van der Waals surface area contributed by atoms with Crippen molar-refractivity contribution < 1.29 is 35.8 Å². The van der Waals surface area contributed by atoms with Gasteiger partial charge < -0.3 is 18.4 Å². The molecule has 8 heteroatoms. The normalized spacial score (nSPS) is 14.6. The van der Waals surface area contributed by atoms with Crippen LogP contribution in [0.2, 0.25) is 19.6 Å². The third-order valence-corrected chi connectivity index (χ3v) is 15.3. The number of aryl methyl sites for hydroxylation is 4. The first-order valence-corrected chi connectivity index (χ1v) is 26.7. The summed E-state index contributed by atoms with van der Waals surface area (Å²) in [7, 11) is -1.81. The van der Waals surface area contributed by atoms with E-state index < -0.39 is 21.3 Å². The summed E-state index contributed by atoms with van der Waals surface area (Å²) in [6, 6.07) is 48.3. The average Bonchev–Trinajstić information content (AvgIpc) is 4.20. The summed E-state index contributed by atoms with van der Waals surface area (Å²) in [5.74, 6) is 0.788. The average molecular weight is 1090 g/mol. The molecule has 5 heterocycles. The van der Waals surface area contributed by atoms with Gasteiger partial charge in [-0.1, -0.05) is 142 Å². The van der Waals surface area contributed by atoms with Gasteiger partial charge in [-0.2, -0.15) is 0 Å². The molecule has 6 aromatic carbocycles. The van der Waals surface area contributed by atoms with Crippen molar-refractivity contribution in [3.63, 3.8) is 0 Å². The maximum atomic E-state index is 8.95. The molecule has 1 fully saturated rings. The molecule has 1 radical (unpaired) electrons. The molecule has 68 heavy (non-hydrogen) atoms. The number of hydrogen-bond acceptors (Lipinski definition) is 5. The Balaban J connectivity index is 0.000000183. The third kappa shape index (κ3) is 8.23. The summed E-state index contributed by atoms with van der Waals surface area (Å²) < 4.78 is 56.1. The molecule has 1 aliphatic rings. The summed E-state index contributed by atoms with van der Waals surface area (Å²) in [5.41, 5.74) is 14.2. The maximum Gasteiger partial charge on any atom is 0.216 e. The molecule has 0 bridgehead atoms. The third-order valence-electron chi connectivity index (χ3n) is 13.3. The van der Waals surface area contributed by atoms with Gasteiger partial charge in [-0.15, -0.1) is 53.1 Å². The first-order chi connectivity index (χ1) is 34.5. The van der Waals surface area contributed by atoms with Crippen LogP contribution in [0.5, 0.6) is 0 Å². The Morgan fingerprint density at radius 1 is 0.765 bits per heavy atom. The van der Waals surface area contributed by atoms with E-state index in [1.54, 1.807) is 18.2 Å². The van der Waals surface area contributed by atoms with Crippen LogP contribution in [-0.4, -0.2) is 27.6 Å². The quantitative estimate of drug-likeness (QED) is 0.117. The Hall–Kier alpha value is -6.44. The summed E-state index contributed by atoms with van der Waals surface area (Å²) in [5, 5.41) is 5.29. The predicted octanol–water partition coefficient (Wildman–Crippen LogP) is 15.4. The van der Waals surface area contributed by atoms with Crippen LogP contribution in [0.1, 0.15) is 60.4 Å². The number of nitrogens with zero attached hydrogens (tertiary/aromatic N) is 4. The zero-order valence-corrected chi connectivity index (χ0v) is 42.4. The topological polar surface area (TPSA) is 69.9 Å². The molecular weight excluding hydrogens is 1030 g/mol. The number of hydrogen-bond donors (Lipinski definition) is 0. The van der Waals surface area contributed by atoms with E-state index in [9.17, 15) is 0 Å². The fourth-order valence-electron chi connectivity index (χ4n) is 9.96. The molecule has 0 N–H and O–H groups in total. The van der Waals surface area contributed by atoms with Crippen molar-refractivity contribution in [2.75, 3.05) is 0 Å². The minimum Gasteiger partial charge on any atom is -0.486 e. The van der Waals surface area contributed by atoms with Crippen molar-refractivity contribution in [1.82, 2.24) is 19.5 Å². The molecule has 11 aromatic rings. The minimum absolute atomic E-state index is 0. The zero-order valence-electron chi connectivity index (χ0n) is 44.0. The minimum atomic E-state index is -2.19. The summed E-state index contributed by atoms with van der Waals surface area (Å²) in [6.45, 7) is 10.8. The Morgan fingerprint density at radius 3 is 2.35 bits per heavy atom. The number of para-hydroxylation sites is 3. The molecule has 5 aromatic heterocycles. The van der Waals surface area contributed by atoms with Gasteiger partial charge in [-0.3, -0.25) is 4.98 Å². The first-order valence-electron chi connectivity index (χ1n) is 25.7. The fraction of sp³-hybridized carbons (Fsp3) is 0.217. The second-order valence-electron chi connectivity index (χ2n) is 19.0. The maximum absolute atomic E-state index is 8.95. The van der Waals surface area contributed by atoms with Crippen molar-refractivity contribution in [3.05, 3.63) is 174 Å². The van der Waals surface area contributed by atoms with E-state index in [0.29, 0.717) is 17.0 Å². The van der Waals surface area contributed by atoms with Crippen LogP contribution in [0.25, 0.3) is 94.6 Å². The van der Waals surface area contributed by atoms with Crippen LogP contribution >= 0.6 is 0 Å². The van der Waals surface area contributed by atoms with Gasteiger partial charge in [0.05, 0.1) is 36.2 Å². The van der Waals surface area contributed by atoms with Crippen LogP contribution in [0.3, 0.4) is 0 Å². The molecule has 341 valence electrons. The number of fused-ring (bicyclic) bond motifs is 7. The van der Waals surface area contributed by atoms with Crippen molar-refractivity contribution in [2.24, 2.45) is 5.92 Å². The smallest absolute Gasteiger partial charge is 0.216 e. The molecule has 0 atom stereocenters. The van der Waals surface area contributed by atoms with Gasteiger partial charge in [0.2, 0.25) is 5.71 Å². The van der Waals surface area contributed by atoms with E-state index in [1.165, 1.54) is 0 Å². The van der Waals surface area contributed by atoms with Crippen molar-refractivity contribution >= 4 is 68.3 Å². The summed E-state index contributed by atoms with van der Waals surface area (Å²) >= 11 is 0. The largest absolute Gasteiger partial charge is 0.486 e. The van der Waals surface area contributed by atoms with Crippen molar-refractivity contribution in [3.8, 4) is 39.6 Å². The second-order valence-corrected chi connectivity index (χ2v) is 24.0. The number of benzene rings is 6. The number of imidazole rings is 1. The zero-order chi connectivity index (χ0) is 50.3. The summed E-state index contributed by atoms with van der Waals surface area (Å²) in [4.78, 5) is 14.7. The second kappa shape index (κ2) is 18.2. The number of aromatic nitrogens is 4. The van der Waals surface area contributed by atoms with Gasteiger partial charge in [-0.05, 0) is 79.0 Å². The molecule has 12 rings (SSSR count). The molecular formula is C60H54IrN4O2Si-2. The van der Waals surface area contributed by atoms with E-state index in [2.05, 4.69) is 123 Å². The van der Waals surface area contributed by atoms with E-state index in [0.717, 1.165) is 131 Å². The van der Waals surface area contributed by atoms with Gasteiger partial charge >= 0.3 is 0 Å². The van der Waals surface area contributed by atoms with E-state index in [-0.39, 0.29) is 31.6 Å². The van der Waals surface area contributed by atoms with Crippen LogP contribution in [0, 0.1) is 45.7 Å². The Bertz CT molecular complexity index is 3890. The molecule has 1 aliphatic carbocycles. The van der Waals surface area contributed by atoms with E-state index in [4.69, 9.17) is 25.7 Å². The number of pyridine rings is 2. The van der Waals surface area contributed by atoms with Gasteiger partial charge in [-0.25, -0.2) is 4.98 Å². The van der Waals surface area contributed by atoms with Gasteiger partial charge in [0.25, 0.3) is 0 Å². The summed E-state index contributed by atoms with van der Waals surface area (Å²) in [6.07, 6.45) is 4.40. The van der Waals surface area contributed by atoms with Crippen LogP contribution < -0.4 is 5.19 Å². The fourth-order valence-corrected chi connectivity index (χ4v) is 11.4. The molecule has 0 spiro atoms. The number of furan rings is 2. The van der Waals surface area contributed by atoms with Crippen LogP contribution in [0.15, 0.2) is 142 Å².